The Morgan fingerprint density at radius 1 is 1.32 bits per heavy atom. The van der Waals surface area contributed by atoms with E-state index in [1.807, 2.05) is 4.90 Å². The highest BCUT2D eigenvalue weighted by Crippen LogP contribution is 2.25. The van der Waals surface area contributed by atoms with Gasteiger partial charge in [-0.3, -0.25) is 4.79 Å². The molecule has 1 aromatic heterocycles. The van der Waals surface area contributed by atoms with Gasteiger partial charge in [0.25, 0.3) is 5.91 Å². The molecular formula is C13H20N4O2. The Bertz CT molecular complexity index is 501. The van der Waals surface area contributed by atoms with Gasteiger partial charge < -0.3 is 20.2 Å². The number of likely N-dealkylation sites (tertiary alicyclic amines) is 1. The van der Waals surface area contributed by atoms with E-state index in [0.29, 0.717) is 17.7 Å². The van der Waals surface area contributed by atoms with Crippen LogP contribution < -0.4 is 11.0 Å². The second-order valence-corrected chi connectivity index (χ2v) is 5.51. The largest absolute Gasteiger partial charge is 0.337 e. The van der Waals surface area contributed by atoms with Crippen molar-refractivity contribution in [2.45, 2.75) is 31.7 Å². The molecule has 0 bridgehead atoms. The molecule has 0 aromatic carbocycles. The first-order chi connectivity index (χ1) is 9.24. The number of aromatic nitrogens is 2. The maximum absolute atomic E-state index is 12.3. The first kappa shape index (κ1) is 12.5. The van der Waals surface area contributed by atoms with Crippen molar-refractivity contribution >= 4 is 5.91 Å². The van der Waals surface area contributed by atoms with Gasteiger partial charge in [-0.05, 0) is 38.1 Å². The van der Waals surface area contributed by atoms with Gasteiger partial charge in [-0.15, -0.1) is 0 Å². The second kappa shape index (κ2) is 5.21. The van der Waals surface area contributed by atoms with Crippen molar-refractivity contribution in [1.29, 1.82) is 0 Å². The molecule has 0 radical (unpaired) electrons. The Kier molecular flexibility index (Phi) is 3.42. The molecule has 0 saturated carbocycles. The lowest BCUT2D eigenvalue weighted by atomic mass is 9.89. The summed E-state index contributed by atoms with van der Waals surface area (Å²) in [6, 6.07) is 0.556. The molecule has 6 nitrogen and oxygen atoms in total. The fraction of sp³-hybridized carbons (Fsp3) is 0.692. The van der Waals surface area contributed by atoms with Crippen LogP contribution >= 0.6 is 0 Å². The lowest BCUT2D eigenvalue weighted by Crippen LogP contribution is -2.46. The van der Waals surface area contributed by atoms with Gasteiger partial charge in [-0.2, -0.15) is 0 Å². The number of hydrogen-bond acceptors (Lipinski definition) is 3. The van der Waals surface area contributed by atoms with E-state index < -0.39 is 0 Å². The van der Waals surface area contributed by atoms with Crippen molar-refractivity contribution in [3.8, 4) is 0 Å². The SMILES string of the molecule is O=C(c1c[nH]c(=O)[nH]1)N1CCCC(C2CCCN2)C1. The molecule has 0 aliphatic carbocycles. The lowest BCUT2D eigenvalue weighted by Gasteiger charge is -2.35. The van der Waals surface area contributed by atoms with Crippen LogP contribution in [0.4, 0.5) is 0 Å². The quantitative estimate of drug-likeness (QED) is 0.719. The van der Waals surface area contributed by atoms with Gasteiger partial charge in [0, 0.05) is 25.3 Å². The average molecular weight is 264 g/mol. The third-order valence-electron chi connectivity index (χ3n) is 4.24. The van der Waals surface area contributed by atoms with Crippen molar-refractivity contribution in [3.63, 3.8) is 0 Å². The number of nitrogens with zero attached hydrogens (tertiary/aromatic N) is 1. The normalized spacial score (nSPS) is 27.7. The number of piperidine rings is 1. The molecule has 19 heavy (non-hydrogen) atoms. The van der Waals surface area contributed by atoms with Gasteiger partial charge in [0.15, 0.2) is 0 Å². The number of H-pyrrole nitrogens is 2. The number of carbonyl (C=O) groups excluding carboxylic acids is 1. The molecule has 2 aliphatic rings. The van der Waals surface area contributed by atoms with Crippen LogP contribution in [0.3, 0.4) is 0 Å². The molecule has 2 aliphatic heterocycles. The number of aromatic amines is 2. The van der Waals surface area contributed by atoms with E-state index >= 15 is 0 Å². The second-order valence-electron chi connectivity index (χ2n) is 5.51. The Labute approximate surface area is 111 Å². The summed E-state index contributed by atoms with van der Waals surface area (Å²) in [6.07, 6.45) is 6.14. The molecule has 1 aromatic rings. The summed E-state index contributed by atoms with van der Waals surface area (Å²) in [7, 11) is 0. The minimum Gasteiger partial charge on any atom is -0.337 e. The maximum Gasteiger partial charge on any atom is 0.323 e. The number of nitrogens with one attached hydrogen (secondary N) is 3. The molecule has 1 amide bonds. The van der Waals surface area contributed by atoms with Crippen molar-refractivity contribution in [3.05, 3.63) is 22.4 Å². The predicted molar refractivity (Wildman–Crippen MR) is 71.1 cm³/mol. The molecule has 104 valence electrons. The standard InChI is InChI=1S/C13H20N4O2/c18-12(11-7-15-13(19)16-11)17-6-2-3-9(8-17)10-4-1-5-14-10/h7,9-10,14H,1-6,8H2,(H2,15,16,19). The molecule has 3 N–H and O–H groups in total. The van der Waals surface area contributed by atoms with Gasteiger partial charge >= 0.3 is 5.69 Å². The number of amides is 1. The highest BCUT2D eigenvalue weighted by Gasteiger charge is 2.31. The molecule has 6 heteroatoms. The number of carbonyl (C=O) groups is 1. The zero-order valence-corrected chi connectivity index (χ0v) is 10.9. The topological polar surface area (TPSA) is 81.0 Å². The van der Waals surface area contributed by atoms with Crippen LogP contribution in [0.25, 0.3) is 0 Å². The van der Waals surface area contributed by atoms with E-state index in [2.05, 4.69) is 15.3 Å². The Balaban J connectivity index is 1.67. The van der Waals surface area contributed by atoms with Gasteiger partial charge in [-0.1, -0.05) is 0 Å². The van der Waals surface area contributed by atoms with Crippen molar-refractivity contribution in [2.24, 2.45) is 5.92 Å². The average Bonchev–Trinajstić information content (AvgIpc) is 3.09. The van der Waals surface area contributed by atoms with Gasteiger partial charge in [0.1, 0.15) is 5.69 Å². The molecule has 2 unspecified atom stereocenters. The number of rotatable bonds is 2. The summed E-state index contributed by atoms with van der Waals surface area (Å²) in [4.78, 5) is 30.2. The molecule has 2 fully saturated rings. The zero-order chi connectivity index (χ0) is 13.2. The van der Waals surface area contributed by atoms with Crippen LogP contribution in [-0.2, 0) is 0 Å². The Morgan fingerprint density at radius 2 is 2.21 bits per heavy atom. The van der Waals surface area contributed by atoms with Gasteiger partial charge in [0.2, 0.25) is 0 Å². The molecular weight excluding hydrogens is 244 g/mol. The minimum absolute atomic E-state index is 0.0685. The molecule has 3 rings (SSSR count). The van der Waals surface area contributed by atoms with E-state index in [4.69, 9.17) is 0 Å². The van der Waals surface area contributed by atoms with Crippen LogP contribution in [-0.4, -0.2) is 46.5 Å². The van der Waals surface area contributed by atoms with Crippen molar-refractivity contribution in [1.82, 2.24) is 20.2 Å². The Hall–Kier alpha value is -1.56. The molecule has 0 spiro atoms. The molecule has 2 saturated heterocycles. The summed E-state index contributed by atoms with van der Waals surface area (Å²) in [5.74, 6) is 0.479. The van der Waals surface area contributed by atoms with Crippen LogP contribution in [0.1, 0.15) is 36.2 Å². The highest BCUT2D eigenvalue weighted by molar-refractivity contribution is 5.92. The highest BCUT2D eigenvalue weighted by atomic mass is 16.2. The smallest absolute Gasteiger partial charge is 0.323 e. The van der Waals surface area contributed by atoms with Gasteiger partial charge in [0.05, 0.1) is 0 Å². The molecule has 2 atom stereocenters. The minimum atomic E-state index is -0.325. The van der Waals surface area contributed by atoms with E-state index in [0.717, 1.165) is 26.1 Å². The van der Waals surface area contributed by atoms with E-state index in [1.54, 1.807) is 0 Å². The first-order valence-corrected chi connectivity index (χ1v) is 7.04. The first-order valence-electron chi connectivity index (χ1n) is 7.04. The summed E-state index contributed by atoms with van der Waals surface area (Å²) in [5, 5.41) is 3.53. The maximum atomic E-state index is 12.3. The summed E-state index contributed by atoms with van der Waals surface area (Å²) in [6.45, 7) is 2.68. The number of hydrogen-bond donors (Lipinski definition) is 3. The number of imidazole rings is 1. The monoisotopic (exact) mass is 264 g/mol. The van der Waals surface area contributed by atoms with Crippen LogP contribution in [0.2, 0.25) is 0 Å². The van der Waals surface area contributed by atoms with Crippen LogP contribution in [0.5, 0.6) is 0 Å². The third-order valence-corrected chi connectivity index (χ3v) is 4.24. The van der Waals surface area contributed by atoms with Gasteiger partial charge in [-0.25, -0.2) is 4.79 Å². The Morgan fingerprint density at radius 3 is 2.89 bits per heavy atom. The van der Waals surface area contributed by atoms with Crippen LogP contribution in [0.15, 0.2) is 11.0 Å². The summed E-state index contributed by atoms with van der Waals surface area (Å²) >= 11 is 0. The lowest BCUT2D eigenvalue weighted by molar-refractivity contribution is 0.0645. The van der Waals surface area contributed by atoms with E-state index in [-0.39, 0.29) is 11.6 Å². The fourth-order valence-electron chi connectivity index (χ4n) is 3.25. The predicted octanol–water partition coefficient (Wildman–Crippen LogP) is 0.307. The summed E-state index contributed by atoms with van der Waals surface area (Å²) < 4.78 is 0. The van der Waals surface area contributed by atoms with Crippen molar-refractivity contribution in [2.75, 3.05) is 19.6 Å². The molecule has 3 heterocycles. The fourth-order valence-corrected chi connectivity index (χ4v) is 3.25. The van der Waals surface area contributed by atoms with E-state index in [1.165, 1.54) is 25.5 Å². The zero-order valence-electron chi connectivity index (χ0n) is 10.9. The van der Waals surface area contributed by atoms with E-state index in [9.17, 15) is 9.59 Å². The van der Waals surface area contributed by atoms with Crippen molar-refractivity contribution < 1.29 is 4.79 Å². The third kappa shape index (κ3) is 2.58. The summed E-state index contributed by atoms with van der Waals surface area (Å²) in [5.41, 5.74) is 0.0411. The van der Waals surface area contributed by atoms with Crippen LogP contribution in [0, 0.1) is 5.92 Å².